The third kappa shape index (κ3) is 3.99. The normalized spacial score (nSPS) is 11.3. The lowest BCUT2D eigenvalue weighted by Crippen LogP contribution is -2.05. The summed E-state index contributed by atoms with van der Waals surface area (Å²) >= 11 is 6.10. The van der Waals surface area contributed by atoms with Crippen LogP contribution in [0.2, 0.25) is 5.15 Å². The fourth-order valence-corrected chi connectivity index (χ4v) is 4.06. The van der Waals surface area contributed by atoms with Gasteiger partial charge in [0.15, 0.2) is 5.65 Å². The van der Waals surface area contributed by atoms with Crippen LogP contribution in [0.25, 0.3) is 33.7 Å². The number of imidazole rings is 1. The highest BCUT2D eigenvalue weighted by Crippen LogP contribution is 2.30. The van der Waals surface area contributed by atoms with Gasteiger partial charge in [-0.25, -0.2) is 9.97 Å². The van der Waals surface area contributed by atoms with E-state index in [9.17, 15) is 0 Å². The fourth-order valence-electron chi connectivity index (χ4n) is 3.91. The number of tetrazole rings is 1. The van der Waals surface area contributed by atoms with Crippen molar-refractivity contribution in [3.05, 3.63) is 77.2 Å². The van der Waals surface area contributed by atoms with Crippen LogP contribution in [0.5, 0.6) is 0 Å². The summed E-state index contributed by atoms with van der Waals surface area (Å²) in [6.07, 6.45) is 3.12. The van der Waals surface area contributed by atoms with E-state index in [4.69, 9.17) is 16.6 Å². The van der Waals surface area contributed by atoms with Crippen LogP contribution in [0, 0.1) is 0 Å². The van der Waals surface area contributed by atoms with Crippen molar-refractivity contribution in [3.8, 4) is 22.5 Å². The lowest BCUT2D eigenvalue weighted by atomic mass is 9.98. The number of aromatic amines is 1. The molecule has 1 N–H and O–H groups in total. The molecule has 0 saturated heterocycles. The second kappa shape index (κ2) is 8.88. The molecule has 0 aliphatic carbocycles. The first kappa shape index (κ1) is 20.3. The van der Waals surface area contributed by atoms with Crippen molar-refractivity contribution < 1.29 is 0 Å². The number of fused-ring (bicyclic) bond motifs is 1. The van der Waals surface area contributed by atoms with Gasteiger partial charge in [-0.05, 0) is 40.5 Å². The SMILES string of the molecule is CCCCc1nc2nc(Cl)ccc2n1Cc1ccc(-c2ccccc2-c2nn[nH]n2)cc1. The first-order valence-corrected chi connectivity index (χ1v) is 11.0. The number of hydrogen-bond donors (Lipinski definition) is 1. The van der Waals surface area contributed by atoms with E-state index in [1.165, 1.54) is 5.56 Å². The van der Waals surface area contributed by atoms with E-state index < -0.39 is 0 Å². The molecule has 0 fully saturated rings. The number of nitrogens with one attached hydrogen (secondary N) is 1. The van der Waals surface area contributed by atoms with E-state index in [1.54, 1.807) is 0 Å². The summed E-state index contributed by atoms with van der Waals surface area (Å²) in [5, 5.41) is 15.0. The van der Waals surface area contributed by atoms with E-state index in [2.05, 4.69) is 67.4 Å². The summed E-state index contributed by atoms with van der Waals surface area (Å²) in [6.45, 7) is 2.92. The lowest BCUT2D eigenvalue weighted by Gasteiger charge is -2.11. The Kier molecular flexibility index (Phi) is 5.64. The Bertz CT molecular complexity index is 1340. The number of benzene rings is 2. The minimum absolute atomic E-state index is 0.466. The molecule has 0 saturated carbocycles. The lowest BCUT2D eigenvalue weighted by molar-refractivity contribution is 0.690. The summed E-state index contributed by atoms with van der Waals surface area (Å²) in [5.41, 5.74) is 6.01. The Hall–Kier alpha value is -3.58. The van der Waals surface area contributed by atoms with Crippen molar-refractivity contribution in [1.82, 2.24) is 35.2 Å². The smallest absolute Gasteiger partial charge is 0.205 e. The van der Waals surface area contributed by atoms with Gasteiger partial charge in [-0.3, -0.25) is 0 Å². The van der Waals surface area contributed by atoms with Gasteiger partial charge in [0.25, 0.3) is 0 Å². The standard InChI is InChI=1S/C24H22ClN7/c1-2-3-8-22-27-24-20(13-14-21(25)26-24)32(22)15-16-9-11-17(12-10-16)18-6-4-5-7-19(18)23-28-30-31-29-23/h4-7,9-14H,2-3,8,15H2,1H3,(H,28,29,30,31). The number of rotatable bonds is 7. The van der Waals surface area contributed by atoms with Crippen LogP contribution in [0.4, 0.5) is 0 Å². The Balaban J connectivity index is 1.47. The van der Waals surface area contributed by atoms with Gasteiger partial charge in [0.05, 0.1) is 5.52 Å². The molecule has 0 amide bonds. The van der Waals surface area contributed by atoms with Gasteiger partial charge in [-0.2, -0.15) is 5.21 Å². The molecule has 0 aliphatic heterocycles. The van der Waals surface area contributed by atoms with Crippen LogP contribution >= 0.6 is 11.6 Å². The summed E-state index contributed by atoms with van der Waals surface area (Å²) in [4.78, 5) is 9.17. The van der Waals surface area contributed by atoms with Gasteiger partial charge < -0.3 is 4.57 Å². The molecule has 8 heteroatoms. The minimum Gasteiger partial charge on any atom is -0.322 e. The maximum absolute atomic E-state index is 6.10. The highest BCUT2D eigenvalue weighted by molar-refractivity contribution is 6.29. The number of pyridine rings is 1. The quantitative estimate of drug-likeness (QED) is 0.344. The van der Waals surface area contributed by atoms with E-state index in [-0.39, 0.29) is 0 Å². The molecule has 0 radical (unpaired) electrons. The molecule has 3 heterocycles. The molecule has 5 rings (SSSR count). The average Bonchev–Trinajstić information content (AvgIpc) is 3.47. The van der Waals surface area contributed by atoms with Gasteiger partial charge in [0.1, 0.15) is 11.0 Å². The monoisotopic (exact) mass is 443 g/mol. The summed E-state index contributed by atoms with van der Waals surface area (Å²) in [5.74, 6) is 1.63. The van der Waals surface area contributed by atoms with Crippen molar-refractivity contribution in [2.45, 2.75) is 32.7 Å². The highest BCUT2D eigenvalue weighted by Gasteiger charge is 2.14. The summed E-state index contributed by atoms with van der Waals surface area (Å²) < 4.78 is 2.25. The maximum Gasteiger partial charge on any atom is 0.205 e. The molecule has 0 spiro atoms. The molecule has 0 unspecified atom stereocenters. The molecular weight excluding hydrogens is 422 g/mol. The number of H-pyrrole nitrogens is 1. The van der Waals surface area contributed by atoms with Gasteiger partial charge in [-0.1, -0.05) is 73.5 Å². The van der Waals surface area contributed by atoms with E-state index in [0.29, 0.717) is 16.6 Å². The number of unbranched alkanes of at least 4 members (excludes halogenated alkanes) is 1. The zero-order valence-electron chi connectivity index (χ0n) is 17.7. The first-order chi connectivity index (χ1) is 15.7. The molecular formula is C24H22ClN7. The Morgan fingerprint density at radius 3 is 2.50 bits per heavy atom. The minimum atomic E-state index is 0.466. The summed E-state index contributed by atoms with van der Waals surface area (Å²) in [7, 11) is 0. The fraction of sp³-hybridized carbons (Fsp3) is 0.208. The number of halogens is 1. The number of nitrogens with zero attached hydrogens (tertiary/aromatic N) is 6. The van der Waals surface area contributed by atoms with Crippen LogP contribution in [-0.2, 0) is 13.0 Å². The maximum atomic E-state index is 6.10. The van der Waals surface area contributed by atoms with Crippen molar-refractivity contribution in [1.29, 1.82) is 0 Å². The Morgan fingerprint density at radius 2 is 1.75 bits per heavy atom. The predicted molar refractivity (Wildman–Crippen MR) is 125 cm³/mol. The zero-order chi connectivity index (χ0) is 21.9. The predicted octanol–water partition coefficient (Wildman–Crippen LogP) is 5.32. The average molecular weight is 444 g/mol. The van der Waals surface area contributed by atoms with Crippen LogP contribution in [0.1, 0.15) is 31.2 Å². The second-order valence-electron chi connectivity index (χ2n) is 7.67. The van der Waals surface area contributed by atoms with E-state index >= 15 is 0 Å². The second-order valence-corrected chi connectivity index (χ2v) is 8.06. The topological polar surface area (TPSA) is 85.2 Å². The van der Waals surface area contributed by atoms with E-state index in [0.717, 1.165) is 53.8 Å². The first-order valence-electron chi connectivity index (χ1n) is 10.7. The largest absolute Gasteiger partial charge is 0.322 e. The molecule has 0 aliphatic rings. The molecule has 32 heavy (non-hydrogen) atoms. The van der Waals surface area contributed by atoms with Crippen molar-refractivity contribution >= 4 is 22.8 Å². The van der Waals surface area contributed by atoms with Gasteiger partial charge in [-0.15, -0.1) is 10.2 Å². The van der Waals surface area contributed by atoms with Crippen LogP contribution < -0.4 is 0 Å². The van der Waals surface area contributed by atoms with Crippen molar-refractivity contribution in [2.75, 3.05) is 0 Å². The number of aryl methyl sites for hydroxylation is 1. The Labute approximate surface area is 190 Å². The van der Waals surface area contributed by atoms with E-state index in [1.807, 2.05) is 30.3 Å². The molecule has 0 bridgehead atoms. The molecule has 160 valence electrons. The van der Waals surface area contributed by atoms with Gasteiger partial charge in [0.2, 0.25) is 5.82 Å². The number of aromatic nitrogens is 7. The third-order valence-electron chi connectivity index (χ3n) is 5.53. The third-order valence-corrected chi connectivity index (χ3v) is 5.74. The molecule has 5 aromatic rings. The highest BCUT2D eigenvalue weighted by atomic mass is 35.5. The number of hydrogen-bond acceptors (Lipinski definition) is 5. The molecule has 7 nitrogen and oxygen atoms in total. The van der Waals surface area contributed by atoms with Crippen LogP contribution in [0.15, 0.2) is 60.7 Å². The van der Waals surface area contributed by atoms with Crippen molar-refractivity contribution in [2.24, 2.45) is 0 Å². The van der Waals surface area contributed by atoms with Crippen molar-refractivity contribution in [3.63, 3.8) is 0 Å². The molecule has 2 aromatic carbocycles. The van der Waals surface area contributed by atoms with Gasteiger partial charge in [0, 0.05) is 18.5 Å². The zero-order valence-corrected chi connectivity index (χ0v) is 18.4. The van der Waals surface area contributed by atoms with Crippen LogP contribution in [-0.4, -0.2) is 35.2 Å². The molecule has 3 aromatic heterocycles. The Morgan fingerprint density at radius 1 is 0.938 bits per heavy atom. The molecule has 0 atom stereocenters. The van der Waals surface area contributed by atoms with Crippen LogP contribution in [0.3, 0.4) is 0 Å². The van der Waals surface area contributed by atoms with Gasteiger partial charge >= 0.3 is 0 Å². The summed E-state index contributed by atoms with van der Waals surface area (Å²) in [6, 6.07) is 20.5.